The summed E-state index contributed by atoms with van der Waals surface area (Å²) in [6.07, 6.45) is 4.35. The van der Waals surface area contributed by atoms with Crippen molar-refractivity contribution in [3.8, 4) is 6.07 Å². The van der Waals surface area contributed by atoms with Gasteiger partial charge in [-0.1, -0.05) is 33.6 Å². The van der Waals surface area contributed by atoms with Crippen LogP contribution in [-0.4, -0.2) is 0 Å². The molecule has 64 valence electrons. The van der Waals surface area contributed by atoms with Crippen LogP contribution in [0, 0.1) is 23.2 Å². The lowest BCUT2D eigenvalue weighted by Gasteiger charge is -2.15. The Bertz CT molecular complexity index is 123. The molecule has 0 aromatic carbocycles. The molecule has 2 atom stereocenters. The molecule has 2 unspecified atom stereocenters. The zero-order valence-electron chi connectivity index (χ0n) is 7.93. The third-order valence-electron chi connectivity index (χ3n) is 2.39. The highest BCUT2D eigenvalue weighted by molar-refractivity contribution is 4.75. The highest BCUT2D eigenvalue weighted by Crippen LogP contribution is 2.20. The van der Waals surface area contributed by atoms with Gasteiger partial charge in [-0.15, -0.1) is 0 Å². The van der Waals surface area contributed by atoms with E-state index in [1.165, 1.54) is 12.8 Å². The van der Waals surface area contributed by atoms with Gasteiger partial charge in [0.15, 0.2) is 0 Å². The van der Waals surface area contributed by atoms with E-state index in [-0.39, 0.29) is 0 Å². The molecule has 1 heteroatoms. The molecule has 0 heterocycles. The van der Waals surface area contributed by atoms with E-state index >= 15 is 0 Å². The molecule has 0 aliphatic rings. The molecule has 0 saturated heterocycles. The minimum Gasteiger partial charge on any atom is -0.198 e. The summed E-state index contributed by atoms with van der Waals surface area (Å²) in [4.78, 5) is 0. The fraction of sp³-hybridized carbons (Fsp3) is 0.900. The Hall–Kier alpha value is -0.510. The molecule has 0 spiro atoms. The van der Waals surface area contributed by atoms with Crippen LogP contribution in [0.2, 0.25) is 0 Å². The summed E-state index contributed by atoms with van der Waals surface area (Å²) < 4.78 is 0. The van der Waals surface area contributed by atoms with Crippen LogP contribution in [0.5, 0.6) is 0 Å². The summed E-state index contributed by atoms with van der Waals surface area (Å²) in [5.41, 5.74) is 0. The predicted octanol–water partition coefficient (Wildman–Crippen LogP) is 3.36. The standard InChI is InChI=1S/C10H19N/c1-4-9(3)8-10(5-2)6-7-11/h9-10H,4-6,8H2,1-3H3. The molecule has 0 rings (SSSR count). The molecule has 0 bridgehead atoms. The molecule has 0 N–H and O–H groups in total. The Balaban J connectivity index is 3.60. The van der Waals surface area contributed by atoms with E-state index in [1.807, 2.05) is 0 Å². The maximum absolute atomic E-state index is 8.50. The minimum absolute atomic E-state index is 0.634. The van der Waals surface area contributed by atoms with Crippen molar-refractivity contribution >= 4 is 0 Å². The first-order valence-corrected chi connectivity index (χ1v) is 4.61. The Kier molecular flexibility index (Phi) is 5.93. The van der Waals surface area contributed by atoms with Crippen molar-refractivity contribution in [3.05, 3.63) is 0 Å². The van der Waals surface area contributed by atoms with E-state index < -0.39 is 0 Å². The first-order valence-electron chi connectivity index (χ1n) is 4.61. The van der Waals surface area contributed by atoms with Gasteiger partial charge in [0.1, 0.15) is 0 Å². The van der Waals surface area contributed by atoms with Crippen molar-refractivity contribution in [2.24, 2.45) is 11.8 Å². The van der Waals surface area contributed by atoms with Gasteiger partial charge >= 0.3 is 0 Å². The Morgan fingerprint density at radius 2 is 1.91 bits per heavy atom. The van der Waals surface area contributed by atoms with E-state index in [4.69, 9.17) is 5.26 Å². The average Bonchev–Trinajstić information content (AvgIpc) is 2.03. The van der Waals surface area contributed by atoms with Gasteiger partial charge in [0.05, 0.1) is 6.07 Å². The zero-order valence-corrected chi connectivity index (χ0v) is 7.93. The topological polar surface area (TPSA) is 23.8 Å². The summed E-state index contributed by atoms with van der Waals surface area (Å²) in [7, 11) is 0. The van der Waals surface area contributed by atoms with E-state index in [9.17, 15) is 0 Å². The van der Waals surface area contributed by atoms with E-state index in [0.717, 1.165) is 18.8 Å². The summed E-state index contributed by atoms with van der Waals surface area (Å²) in [5.74, 6) is 1.42. The molecule has 0 radical (unpaired) electrons. The summed E-state index contributed by atoms with van der Waals surface area (Å²) in [5, 5.41) is 8.50. The lowest BCUT2D eigenvalue weighted by molar-refractivity contribution is 0.378. The molecule has 0 aliphatic carbocycles. The van der Waals surface area contributed by atoms with Gasteiger partial charge in [-0.2, -0.15) is 5.26 Å². The van der Waals surface area contributed by atoms with Gasteiger partial charge in [-0.25, -0.2) is 0 Å². The number of hydrogen-bond acceptors (Lipinski definition) is 1. The molecular weight excluding hydrogens is 134 g/mol. The normalized spacial score (nSPS) is 15.5. The Labute approximate surface area is 70.4 Å². The zero-order chi connectivity index (χ0) is 8.69. The SMILES string of the molecule is CCC(C)CC(CC)CC#N. The maximum atomic E-state index is 8.50. The van der Waals surface area contributed by atoms with Gasteiger partial charge < -0.3 is 0 Å². The molecule has 11 heavy (non-hydrogen) atoms. The molecule has 0 fully saturated rings. The van der Waals surface area contributed by atoms with Crippen molar-refractivity contribution in [1.82, 2.24) is 0 Å². The van der Waals surface area contributed by atoms with Crippen LogP contribution in [0.4, 0.5) is 0 Å². The Morgan fingerprint density at radius 1 is 1.27 bits per heavy atom. The Morgan fingerprint density at radius 3 is 2.27 bits per heavy atom. The van der Waals surface area contributed by atoms with Gasteiger partial charge in [-0.05, 0) is 18.3 Å². The molecular formula is C10H19N. The highest BCUT2D eigenvalue weighted by atomic mass is 14.2. The monoisotopic (exact) mass is 153 g/mol. The lowest BCUT2D eigenvalue weighted by Crippen LogP contribution is -2.04. The fourth-order valence-corrected chi connectivity index (χ4v) is 1.26. The second kappa shape index (κ2) is 6.22. The average molecular weight is 153 g/mol. The fourth-order valence-electron chi connectivity index (χ4n) is 1.26. The van der Waals surface area contributed by atoms with Crippen LogP contribution in [0.1, 0.15) is 46.5 Å². The van der Waals surface area contributed by atoms with Gasteiger partial charge in [0, 0.05) is 6.42 Å². The quantitative estimate of drug-likeness (QED) is 0.594. The maximum Gasteiger partial charge on any atom is 0.0624 e. The van der Waals surface area contributed by atoms with Crippen LogP contribution >= 0.6 is 0 Å². The largest absolute Gasteiger partial charge is 0.198 e. The number of rotatable bonds is 5. The van der Waals surface area contributed by atoms with Crippen molar-refractivity contribution in [3.63, 3.8) is 0 Å². The van der Waals surface area contributed by atoms with E-state index in [1.54, 1.807) is 0 Å². The van der Waals surface area contributed by atoms with Crippen LogP contribution in [-0.2, 0) is 0 Å². The van der Waals surface area contributed by atoms with Crippen LogP contribution in [0.25, 0.3) is 0 Å². The number of nitrogens with zero attached hydrogens (tertiary/aromatic N) is 1. The molecule has 0 amide bonds. The van der Waals surface area contributed by atoms with Crippen LogP contribution in [0.15, 0.2) is 0 Å². The number of nitriles is 1. The molecule has 0 aromatic rings. The molecule has 1 nitrogen and oxygen atoms in total. The lowest BCUT2D eigenvalue weighted by atomic mass is 9.90. The highest BCUT2D eigenvalue weighted by Gasteiger charge is 2.09. The predicted molar refractivity (Wildman–Crippen MR) is 48.1 cm³/mol. The first-order chi connectivity index (χ1) is 5.24. The number of hydrogen-bond donors (Lipinski definition) is 0. The van der Waals surface area contributed by atoms with Gasteiger partial charge in [0.2, 0.25) is 0 Å². The minimum atomic E-state index is 0.634. The van der Waals surface area contributed by atoms with Crippen molar-refractivity contribution in [1.29, 1.82) is 5.26 Å². The first kappa shape index (κ1) is 10.5. The van der Waals surface area contributed by atoms with E-state index in [2.05, 4.69) is 26.8 Å². The molecule has 0 aliphatic heterocycles. The third-order valence-corrected chi connectivity index (χ3v) is 2.39. The van der Waals surface area contributed by atoms with Crippen LogP contribution in [0.3, 0.4) is 0 Å². The van der Waals surface area contributed by atoms with Crippen molar-refractivity contribution in [2.45, 2.75) is 46.5 Å². The van der Waals surface area contributed by atoms with Crippen molar-refractivity contribution < 1.29 is 0 Å². The second-order valence-corrected chi connectivity index (χ2v) is 3.39. The van der Waals surface area contributed by atoms with Crippen LogP contribution < -0.4 is 0 Å². The van der Waals surface area contributed by atoms with Gasteiger partial charge in [-0.3, -0.25) is 0 Å². The van der Waals surface area contributed by atoms with E-state index in [0.29, 0.717) is 5.92 Å². The van der Waals surface area contributed by atoms with Crippen molar-refractivity contribution in [2.75, 3.05) is 0 Å². The third kappa shape index (κ3) is 4.84. The summed E-state index contributed by atoms with van der Waals surface area (Å²) in [6, 6.07) is 2.25. The molecule has 0 aromatic heterocycles. The summed E-state index contributed by atoms with van der Waals surface area (Å²) in [6.45, 7) is 6.65. The molecule has 0 saturated carbocycles. The van der Waals surface area contributed by atoms with Gasteiger partial charge in [0.25, 0.3) is 0 Å². The smallest absolute Gasteiger partial charge is 0.0624 e. The second-order valence-electron chi connectivity index (χ2n) is 3.39. The summed E-state index contributed by atoms with van der Waals surface area (Å²) >= 11 is 0.